The van der Waals surface area contributed by atoms with Gasteiger partial charge in [0, 0.05) is 32.7 Å². The molecule has 1 aliphatic heterocycles. The molecule has 1 unspecified atom stereocenters. The van der Waals surface area contributed by atoms with Gasteiger partial charge in [0.25, 0.3) is 0 Å². The molecule has 1 rings (SSSR count). The van der Waals surface area contributed by atoms with Crippen LogP contribution in [0.4, 0.5) is 0 Å². The molecule has 0 radical (unpaired) electrons. The number of hydrogen-bond acceptors (Lipinski definition) is 4. The minimum atomic E-state index is 0.706. The van der Waals surface area contributed by atoms with Crippen molar-refractivity contribution in [2.45, 2.75) is 52.9 Å². The zero-order valence-corrected chi connectivity index (χ0v) is 17.7. The van der Waals surface area contributed by atoms with Crippen molar-refractivity contribution in [1.29, 1.82) is 0 Å². The van der Waals surface area contributed by atoms with Gasteiger partial charge < -0.3 is 10.2 Å². The summed E-state index contributed by atoms with van der Waals surface area (Å²) in [6.45, 7) is 14.9. The molecule has 0 amide bonds. The van der Waals surface area contributed by atoms with Crippen LogP contribution < -0.4 is 5.32 Å². The summed E-state index contributed by atoms with van der Waals surface area (Å²) in [6.07, 6.45) is 16.3. The molecule has 1 fully saturated rings. The van der Waals surface area contributed by atoms with Gasteiger partial charge in [-0.15, -0.1) is 0 Å². The molecule has 0 aromatic rings. The Morgan fingerprint density at radius 1 is 1.15 bits per heavy atom. The van der Waals surface area contributed by atoms with Crippen molar-refractivity contribution >= 4 is 0 Å². The van der Waals surface area contributed by atoms with Crippen molar-refractivity contribution in [3.05, 3.63) is 12.2 Å². The Bertz CT molecular complexity index is 407. The molecule has 4 heteroatoms. The van der Waals surface area contributed by atoms with Crippen molar-refractivity contribution in [2.75, 3.05) is 52.9 Å². The smallest absolute Gasteiger partial charge is 0.0368 e. The monoisotopic (exact) mass is 362 g/mol. The fourth-order valence-corrected chi connectivity index (χ4v) is 3.33. The fourth-order valence-electron chi connectivity index (χ4n) is 3.33. The Kier molecular flexibility index (Phi) is 12.5. The Labute approximate surface area is 163 Å². The van der Waals surface area contributed by atoms with Gasteiger partial charge in [0.1, 0.15) is 0 Å². The first-order valence-electron chi connectivity index (χ1n) is 10.6. The van der Waals surface area contributed by atoms with Gasteiger partial charge in [-0.1, -0.05) is 45.8 Å². The van der Waals surface area contributed by atoms with Crippen LogP contribution in [0.2, 0.25) is 0 Å². The van der Waals surface area contributed by atoms with Crippen molar-refractivity contribution in [3.8, 4) is 12.5 Å². The van der Waals surface area contributed by atoms with Crippen molar-refractivity contribution < 1.29 is 0 Å². The van der Waals surface area contributed by atoms with Crippen LogP contribution in [0.1, 0.15) is 52.9 Å². The number of allylic oxidation sites excluding steroid dienone is 1. The van der Waals surface area contributed by atoms with E-state index in [-0.39, 0.29) is 0 Å². The van der Waals surface area contributed by atoms with Gasteiger partial charge >= 0.3 is 0 Å². The highest BCUT2D eigenvalue weighted by Gasteiger charge is 2.11. The van der Waals surface area contributed by atoms with E-state index in [2.05, 4.69) is 54.2 Å². The molecule has 4 nitrogen and oxygen atoms in total. The molecule has 0 aliphatic carbocycles. The summed E-state index contributed by atoms with van der Waals surface area (Å²) in [6, 6.07) is 2.74. The minimum absolute atomic E-state index is 0.706. The van der Waals surface area contributed by atoms with Gasteiger partial charge in [-0.3, -0.25) is 5.01 Å². The normalized spacial score (nSPS) is 19.1. The van der Waals surface area contributed by atoms with E-state index in [1.165, 1.54) is 58.4 Å². The van der Waals surface area contributed by atoms with Crippen molar-refractivity contribution in [2.24, 2.45) is 11.8 Å². The minimum Gasteiger partial charge on any atom is -0.317 e. The highest BCUT2D eigenvalue weighted by Crippen LogP contribution is 2.10. The van der Waals surface area contributed by atoms with Crippen LogP contribution >= 0.6 is 0 Å². The first-order chi connectivity index (χ1) is 12.6. The standard InChI is InChI=1S/C22H42N4/c1-6-21(3)13-19-26(24(5)7-2)18-9-8-12-22(4)20-25-16-10-14-23-15-11-17-25/h2,8-9,21-23H,6,10-20H2,1,3-5H3/t21?,22-/m0/s1. The number of nitrogens with zero attached hydrogens (tertiary/aromatic N) is 3. The van der Waals surface area contributed by atoms with E-state index in [1.807, 2.05) is 12.1 Å². The van der Waals surface area contributed by atoms with Gasteiger partial charge in [-0.05, 0) is 63.7 Å². The van der Waals surface area contributed by atoms with Crippen LogP contribution in [-0.2, 0) is 0 Å². The fraction of sp³-hybridized carbons (Fsp3) is 0.818. The summed E-state index contributed by atoms with van der Waals surface area (Å²) >= 11 is 0. The predicted octanol–water partition coefficient (Wildman–Crippen LogP) is 3.43. The zero-order valence-electron chi connectivity index (χ0n) is 17.7. The van der Waals surface area contributed by atoms with Crippen LogP contribution in [0.25, 0.3) is 0 Å². The molecule has 0 saturated carbocycles. The van der Waals surface area contributed by atoms with Crippen LogP contribution in [0.5, 0.6) is 0 Å². The lowest BCUT2D eigenvalue weighted by Gasteiger charge is -2.29. The van der Waals surface area contributed by atoms with E-state index in [9.17, 15) is 0 Å². The number of rotatable bonds is 11. The lowest BCUT2D eigenvalue weighted by Crippen LogP contribution is -2.38. The summed E-state index contributed by atoms with van der Waals surface area (Å²) in [5.74, 6) is 1.46. The predicted molar refractivity (Wildman–Crippen MR) is 114 cm³/mol. The largest absolute Gasteiger partial charge is 0.317 e. The summed E-state index contributed by atoms with van der Waals surface area (Å²) in [5.41, 5.74) is 0. The molecule has 1 aliphatic rings. The molecule has 0 spiro atoms. The Balaban J connectivity index is 2.33. The van der Waals surface area contributed by atoms with E-state index in [0.29, 0.717) is 5.92 Å². The Morgan fingerprint density at radius 3 is 2.46 bits per heavy atom. The van der Waals surface area contributed by atoms with Crippen LogP contribution in [0.15, 0.2) is 12.2 Å². The molecule has 2 atom stereocenters. The van der Waals surface area contributed by atoms with E-state index in [1.54, 1.807) is 0 Å². The van der Waals surface area contributed by atoms with E-state index in [0.717, 1.165) is 25.4 Å². The highest BCUT2D eigenvalue weighted by molar-refractivity contribution is 4.89. The van der Waals surface area contributed by atoms with E-state index >= 15 is 0 Å². The molecule has 0 aromatic heterocycles. The zero-order chi connectivity index (χ0) is 19.2. The second-order valence-electron chi connectivity index (χ2n) is 7.94. The van der Waals surface area contributed by atoms with Gasteiger partial charge in [0.2, 0.25) is 0 Å². The molecule has 1 heterocycles. The molecule has 0 bridgehead atoms. The average Bonchev–Trinajstić information content (AvgIpc) is 2.62. The first-order valence-corrected chi connectivity index (χ1v) is 10.6. The van der Waals surface area contributed by atoms with Gasteiger partial charge in [0.15, 0.2) is 0 Å². The van der Waals surface area contributed by atoms with Gasteiger partial charge in [-0.2, -0.15) is 0 Å². The summed E-state index contributed by atoms with van der Waals surface area (Å²) < 4.78 is 0. The molecule has 26 heavy (non-hydrogen) atoms. The second-order valence-corrected chi connectivity index (χ2v) is 7.94. The lowest BCUT2D eigenvalue weighted by molar-refractivity contribution is 0.0663. The third-order valence-electron chi connectivity index (χ3n) is 5.43. The maximum Gasteiger partial charge on any atom is 0.0368 e. The molecule has 150 valence electrons. The molecule has 0 aromatic carbocycles. The van der Waals surface area contributed by atoms with Crippen molar-refractivity contribution in [1.82, 2.24) is 20.2 Å². The quantitative estimate of drug-likeness (QED) is 0.263. The third kappa shape index (κ3) is 10.2. The Morgan fingerprint density at radius 2 is 1.85 bits per heavy atom. The first kappa shape index (κ1) is 23.0. The third-order valence-corrected chi connectivity index (χ3v) is 5.43. The summed E-state index contributed by atoms with van der Waals surface area (Å²) in [7, 11) is 1.98. The SMILES string of the molecule is C#CN(C)N(CC=CC[C@H](C)CN1CCCNCCC1)CCC(C)CC. The number of hydrogen-bond donors (Lipinski definition) is 1. The molecule has 1 N–H and O–H groups in total. The average molecular weight is 363 g/mol. The highest BCUT2D eigenvalue weighted by atomic mass is 15.6. The van der Waals surface area contributed by atoms with Crippen LogP contribution in [0.3, 0.4) is 0 Å². The number of terminal acetylenes is 1. The lowest BCUT2D eigenvalue weighted by atomic mass is 10.1. The molecule has 1 saturated heterocycles. The van der Waals surface area contributed by atoms with Crippen LogP contribution in [-0.4, -0.2) is 67.8 Å². The van der Waals surface area contributed by atoms with Gasteiger partial charge in [-0.25, -0.2) is 5.01 Å². The maximum absolute atomic E-state index is 5.59. The van der Waals surface area contributed by atoms with E-state index in [4.69, 9.17) is 6.42 Å². The second kappa shape index (κ2) is 14.1. The molecular weight excluding hydrogens is 320 g/mol. The summed E-state index contributed by atoms with van der Waals surface area (Å²) in [4.78, 5) is 2.64. The van der Waals surface area contributed by atoms with Crippen molar-refractivity contribution in [3.63, 3.8) is 0 Å². The number of nitrogens with one attached hydrogen (secondary N) is 1. The Hall–Kier alpha value is -1.02. The van der Waals surface area contributed by atoms with Gasteiger partial charge in [0.05, 0.1) is 0 Å². The van der Waals surface area contributed by atoms with Crippen LogP contribution in [0, 0.1) is 24.3 Å². The molecular formula is C22H42N4. The summed E-state index contributed by atoms with van der Waals surface area (Å²) in [5, 5.41) is 7.64. The topological polar surface area (TPSA) is 21.8 Å². The van der Waals surface area contributed by atoms with E-state index < -0.39 is 0 Å². The maximum atomic E-state index is 5.59. The number of hydrazine groups is 1.